The van der Waals surface area contributed by atoms with Gasteiger partial charge in [-0.2, -0.15) is 0 Å². The molecule has 1 saturated heterocycles. The van der Waals surface area contributed by atoms with Crippen LogP contribution in [0.2, 0.25) is 0 Å². The maximum Gasteiger partial charge on any atom is 0.203 e. The van der Waals surface area contributed by atoms with E-state index in [0.717, 1.165) is 30.3 Å². The molecule has 0 spiro atoms. The highest BCUT2D eigenvalue weighted by atomic mass is 16.5. The normalized spacial score (nSPS) is 16.5. The number of ether oxygens (including phenoxy) is 3. The monoisotopic (exact) mass is 308 g/mol. The SMILES string of the molecule is COc1ccc(CNCC2CCN(C)CC2)c(OC)c1OC. The molecule has 0 saturated carbocycles. The summed E-state index contributed by atoms with van der Waals surface area (Å²) < 4.78 is 16.3. The van der Waals surface area contributed by atoms with Crippen molar-refractivity contribution in [1.82, 2.24) is 10.2 Å². The molecule has 0 amide bonds. The number of piperidine rings is 1. The van der Waals surface area contributed by atoms with Crippen molar-refractivity contribution in [1.29, 1.82) is 0 Å². The van der Waals surface area contributed by atoms with E-state index in [1.165, 1.54) is 25.9 Å². The minimum atomic E-state index is 0.656. The lowest BCUT2D eigenvalue weighted by Crippen LogP contribution is -2.34. The Morgan fingerprint density at radius 2 is 1.73 bits per heavy atom. The summed E-state index contributed by atoms with van der Waals surface area (Å²) >= 11 is 0. The van der Waals surface area contributed by atoms with E-state index < -0.39 is 0 Å². The maximum absolute atomic E-state index is 5.51. The fraction of sp³-hybridized carbons (Fsp3) is 0.647. The van der Waals surface area contributed by atoms with Crippen LogP contribution in [0.15, 0.2) is 12.1 Å². The number of rotatable bonds is 7. The Morgan fingerprint density at radius 1 is 1.05 bits per heavy atom. The molecule has 5 heteroatoms. The number of benzene rings is 1. The smallest absolute Gasteiger partial charge is 0.203 e. The predicted octanol–water partition coefficient (Wildman–Crippen LogP) is 2.14. The quantitative estimate of drug-likeness (QED) is 0.836. The van der Waals surface area contributed by atoms with Crippen LogP contribution in [0, 0.1) is 5.92 Å². The third-order valence-corrected chi connectivity index (χ3v) is 4.37. The lowest BCUT2D eigenvalue weighted by Gasteiger charge is -2.29. The number of nitrogens with zero attached hydrogens (tertiary/aromatic N) is 1. The molecule has 1 aromatic carbocycles. The van der Waals surface area contributed by atoms with Crippen LogP contribution in [0.1, 0.15) is 18.4 Å². The molecule has 124 valence electrons. The van der Waals surface area contributed by atoms with E-state index in [0.29, 0.717) is 11.5 Å². The fourth-order valence-corrected chi connectivity index (χ4v) is 2.98. The number of nitrogens with one attached hydrogen (secondary N) is 1. The molecule has 0 unspecified atom stereocenters. The molecule has 1 aromatic rings. The first-order valence-electron chi connectivity index (χ1n) is 7.86. The van der Waals surface area contributed by atoms with Gasteiger partial charge in [0, 0.05) is 12.1 Å². The summed E-state index contributed by atoms with van der Waals surface area (Å²) in [6.45, 7) is 4.22. The van der Waals surface area contributed by atoms with E-state index in [-0.39, 0.29) is 0 Å². The van der Waals surface area contributed by atoms with Gasteiger partial charge in [-0.25, -0.2) is 0 Å². The van der Waals surface area contributed by atoms with Crippen molar-refractivity contribution in [3.05, 3.63) is 17.7 Å². The molecule has 0 radical (unpaired) electrons. The van der Waals surface area contributed by atoms with Gasteiger partial charge in [0.05, 0.1) is 21.3 Å². The van der Waals surface area contributed by atoms with Gasteiger partial charge in [0.25, 0.3) is 0 Å². The van der Waals surface area contributed by atoms with Crippen LogP contribution >= 0.6 is 0 Å². The van der Waals surface area contributed by atoms with Crippen LogP contribution < -0.4 is 19.5 Å². The van der Waals surface area contributed by atoms with Crippen LogP contribution in [0.3, 0.4) is 0 Å². The third kappa shape index (κ3) is 4.05. The Hall–Kier alpha value is -1.46. The summed E-state index contributed by atoms with van der Waals surface area (Å²) in [4.78, 5) is 2.40. The van der Waals surface area contributed by atoms with Gasteiger partial charge in [0.1, 0.15) is 0 Å². The molecule has 1 heterocycles. The Kier molecular flexibility index (Phi) is 6.34. The fourth-order valence-electron chi connectivity index (χ4n) is 2.98. The molecule has 0 atom stereocenters. The zero-order valence-electron chi connectivity index (χ0n) is 14.1. The average Bonchev–Trinajstić information content (AvgIpc) is 2.55. The molecule has 1 N–H and O–H groups in total. The summed E-state index contributed by atoms with van der Waals surface area (Å²) in [6.07, 6.45) is 2.54. The van der Waals surface area contributed by atoms with Gasteiger partial charge in [0.2, 0.25) is 5.75 Å². The summed E-state index contributed by atoms with van der Waals surface area (Å²) in [7, 11) is 7.13. The molecule has 5 nitrogen and oxygen atoms in total. The molecular formula is C17H28N2O3. The van der Waals surface area contributed by atoms with E-state index in [1.807, 2.05) is 12.1 Å². The van der Waals surface area contributed by atoms with E-state index in [2.05, 4.69) is 17.3 Å². The zero-order chi connectivity index (χ0) is 15.9. The van der Waals surface area contributed by atoms with Crippen LogP contribution in [0.25, 0.3) is 0 Å². The van der Waals surface area contributed by atoms with Gasteiger partial charge < -0.3 is 24.4 Å². The highest BCUT2D eigenvalue weighted by Crippen LogP contribution is 2.39. The summed E-state index contributed by atoms with van der Waals surface area (Å²) in [5.41, 5.74) is 1.09. The van der Waals surface area contributed by atoms with E-state index >= 15 is 0 Å². The molecule has 22 heavy (non-hydrogen) atoms. The van der Waals surface area contributed by atoms with Crippen molar-refractivity contribution in [3.8, 4) is 17.2 Å². The first-order valence-corrected chi connectivity index (χ1v) is 7.86. The van der Waals surface area contributed by atoms with Crippen molar-refractivity contribution in [2.75, 3.05) is 48.0 Å². The molecule has 1 fully saturated rings. The topological polar surface area (TPSA) is 43.0 Å². The highest BCUT2D eigenvalue weighted by Gasteiger charge is 2.18. The number of methoxy groups -OCH3 is 3. The molecule has 0 bridgehead atoms. The second-order valence-corrected chi connectivity index (χ2v) is 5.87. The van der Waals surface area contributed by atoms with E-state index in [9.17, 15) is 0 Å². The van der Waals surface area contributed by atoms with Gasteiger partial charge in [-0.05, 0) is 51.5 Å². The van der Waals surface area contributed by atoms with Crippen molar-refractivity contribution >= 4 is 0 Å². The minimum absolute atomic E-state index is 0.656. The Morgan fingerprint density at radius 3 is 2.32 bits per heavy atom. The van der Waals surface area contributed by atoms with Crippen LogP contribution in [-0.2, 0) is 6.54 Å². The summed E-state index contributed by atoms with van der Waals surface area (Å²) in [5.74, 6) is 2.86. The summed E-state index contributed by atoms with van der Waals surface area (Å²) in [6, 6.07) is 3.95. The average molecular weight is 308 g/mol. The summed E-state index contributed by atoms with van der Waals surface area (Å²) in [5, 5.41) is 3.55. The van der Waals surface area contributed by atoms with Gasteiger partial charge in [-0.1, -0.05) is 6.07 Å². The first kappa shape index (κ1) is 16.9. The lowest BCUT2D eigenvalue weighted by atomic mass is 9.97. The highest BCUT2D eigenvalue weighted by molar-refractivity contribution is 5.55. The van der Waals surface area contributed by atoms with Crippen LogP contribution in [0.4, 0.5) is 0 Å². The van der Waals surface area contributed by atoms with Gasteiger partial charge in [0.15, 0.2) is 11.5 Å². The minimum Gasteiger partial charge on any atom is -0.493 e. The van der Waals surface area contributed by atoms with E-state index in [4.69, 9.17) is 14.2 Å². The lowest BCUT2D eigenvalue weighted by molar-refractivity contribution is 0.215. The van der Waals surface area contributed by atoms with Crippen molar-refractivity contribution < 1.29 is 14.2 Å². The Labute approximate surface area is 133 Å². The Balaban J connectivity index is 1.95. The predicted molar refractivity (Wildman–Crippen MR) is 88.0 cm³/mol. The second-order valence-electron chi connectivity index (χ2n) is 5.87. The maximum atomic E-state index is 5.51. The molecule has 0 aromatic heterocycles. The molecule has 0 aliphatic carbocycles. The van der Waals surface area contributed by atoms with Crippen molar-refractivity contribution in [3.63, 3.8) is 0 Å². The van der Waals surface area contributed by atoms with E-state index in [1.54, 1.807) is 21.3 Å². The Bertz CT molecular complexity index is 471. The molecular weight excluding hydrogens is 280 g/mol. The second kappa shape index (κ2) is 8.25. The van der Waals surface area contributed by atoms with Crippen molar-refractivity contribution in [2.45, 2.75) is 19.4 Å². The third-order valence-electron chi connectivity index (χ3n) is 4.37. The molecule has 2 rings (SSSR count). The number of hydrogen-bond donors (Lipinski definition) is 1. The first-order chi connectivity index (χ1) is 10.7. The molecule has 1 aliphatic heterocycles. The van der Waals surface area contributed by atoms with Gasteiger partial charge in [-0.15, -0.1) is 0 Å². The largest absolute Gasteiger partial charge is 0.493 e. The number of hydrogen-bond acceptors (Lipinski definition) is 5. The van der Waals surface area contributed by atoms with Crippen molar-refractivity contribution in [2.24, 2.45) is 5.92 Å². The van der Waals surface area contributed by atoms with Gasteiger partial charge in [-0.3, -0.25) is 0 Å². The van der Waals surface area contributed by atoms with Crippen LogP contribution in [-0.4, -0.2) is 52.9 Å². The molecule has 1 aliphatic rings. The van der Waals surface area contributed by atoms with Crippen LogP contribution in [0.5, 0.6) is 17.2 Å². The standard InChI is InChI=1S/C17H28N2O3/c1-19-9-7-13(8-10-19)11-18-12-14-5-6-15(20-2)17(22-4)16(14)21-3/h5-6,13,18H,7-12H2,1-4H3. The zero-order valence-corrected chi connectivity index (χ0v) is 14.1. The van der Waals surface area contributed by atoms with Gasteiger partial charge >= 0.3 is 0 Å². The number of likely N-dealkylation sites (tertiary alicyclic amines) is 1.